The van der Waals surface area contributed by atoms with Crippen LogP contribution in [0.5, 0.6) is 5.75 Å². The van der Waals surface area contributed by atoms with Crippen molar-refractivity contribution in [1.82, 2.24) is 0 Å². The van der Waals surface area contributed by atoms with Gasteiger partial charge in [-0.1, -0.05) is 35.9 Å². The standard InChI is InChI=1S/C9H8Cl2O/c1-2-5-12-7-3-4-8(10)9(11)6-7/h2-4,6H,1,5H2. The molecule has 0 saturated carbocycles. The van der Waals surface area contributed by atoms with Crippen molar-refractivity contribution in [3.63, 3.8) is 0 Å². The van der Waals surface area contributed by atoms with E-state index in [9.17, 15) is 0 Å². The Kier molecular flexibility index (Phi) is 3.45. The minimum absolute atomic E-state index is 0.470. The summed E-state index contributed by atoms with van der Waals surface area (Å²) in [6.45, 7) is 4.00. The first-order valence-electron chi connectivity index (χ1n) is 3.43. The minimum atomic E-state index is 0.470. The van der Waals surface area contributed by atoms with E-state index in [1.807, 2.05) is 0 Å². The van der Waals surface area contributed by atoms with Crippen LogP contribution < -0.4 is 4.74 Å². The molecule has 0 fully saturated rings. The molecular formula is C9H8Cl2O. The smallest absolute Gasteiger partial charge is 0.121 e. The molecule has 0 aromatic heterocycles. The largest absolute Gasteiger partial charge is 0.490 e. The van der Waals surface area contributed by atoms with Crippen LogP contribution in [-0.4, -0.2) is 6.61 Å². The molecule has 64 valence electrons. The molecule has 3 heteroatoms. The molecule has 0 N–H and O–H groups in total. The van der Waals surface area contributed by atoms with Crippen LogP contribution in [0.1, 0.15) is 0 Å². The lowest BCUT2D eigenvalue weighted by Gasteiger charge is -2.03. The van der Waals surface area contributed by atoms with Crippen molar-refractivity contribution in [2.24, 2.45) is 0 Å². The summed E-state index contributed by atoms with van der Waals surface area (Å²) >= 11 is 11.5. The van der Waals surface area contributed by atoms with Gasteiger partial charge in [0.25, 0.3) is 0 Å². The summed E-state index contributed by atoms with van der Waals surface area (Å²) in [5, 5.41) is 1.03. The van der Waals surface area contributed by atoms with E-state index in [0.717, 1.165) is 0 Å². The molecule has 0 aliphatic heterocycles. The fourth-order valence-electron chi connectivity index (χ4n) is 0.722. The normalized spacial score (nSPS) is 9.50. The summed E-state index contributed by atoms with van der Waals surface area (Å²) in [6.07, 6.45) is 1.67. The average molecular weight is 203 g/mol. The van der Waals surface area contributed by atoms with Crippen molar-refractivity contribution in [2.75, 3.05) is 6.61 Å². The highest BCUT2D eigenvalue weighted by molar-refractivity contribution is 6.42. The van der Waals surface area contributed by atoms with E-state index in [4.69, 9.17) is 27.9 Å². The van der Waals surface area contributed by atoms with Crippen LogP contribution in [0.3, 0.4) is 0 Å². The van der Waals surface area contributed by atoms with Crippen molar-refractivity contribution in [3.05, 3.63) is 40.9 Å². The molecule has 0 bridgehead atoms. The quantitative estimate of drug-likeness (QED) is 0.682. The number of halogens is 2. The molecule has 1 nitrogen and oxygen atoms in total. The van der Waals surface area contributed by atoms with Crippen LogP contribution in [-0.2, 0) is 0 Å². The van der Waals surface area contributed by atoms with Gasteiger partial charge in [-0.25, -0.2) is 0 Å². The molecule has 1 aromatic rings. The highest BCUT2D eigenvalue weighted by atomic mass is 35.5. The van der Waals surface area contributed by atoms with Crippen molar-refractivity contribution >= 4 is 23.2 Å². The first-order valence-corrected chi connectivity index (χ1v) is 4.18. The predicted molar refractivity (Wildman–Crippen MR) is 52.2 cm³/mol. The van der Waals surface area contributed by atoms with E-state index < -0.39 is 0 Å². The fourth-order valence-corrected chi connectivity index (χ4v) is 1.01. The van der Waals surface area contributed by atoms with Gasteiger partial charge >= 0.3 is 0 Å². The molecule has 0 saturated heterocycles. The molecule has 0 heterocycles. The molecule has 0 radical (unpaired) electrons. The zero-order chi connectivity index (χ0) is 8.97. The van der Waals surface area contributed by atoms with E-state index in [2.05, 4.69) is 6.58 Å². The third-order valence-corrected chi connectivity index (χ3v) is 2.00. The Morgan fingerprint density at radius 1 is 1.33 bits per heavy atom. The lowest BCUT2D eigenvalue weighted by Crippen LogP contribution is -1.91. The Hall–Kier alpha value is -0.660. The molecular weight excluding hydrogens is 195 g/mol. The van der Waals surface area contributed by atoms with Crippen LogP contribution in [0.2, 0.25) is 10.0 Å². The zero-order valence-electron chi connectivity index (χ0n) is 6.39. The summed E-state index contributed by atoms with van der Waals surface area (Å²) in [5.41, 5.74) is 0. The summed E-state index contributed by atoms with van der Waals surface area (Å²) in [7, 11) is 0. The van der Waals surface area contributed by atoms with Crippen LogP contribution in [0.25, 0.3) is 0 Å². The van der Waals surface area contributed by atoms with Gasteiger partial charge in [-0.3, -0.25) is 0 Å². The van der Waals surface area contributed by atoms with Crippen molar-refractivity contribution < 1.29 is 4.74 Å². The molecule has 0 amide bonds. The van der Waals surface area contributed by atoms with Gasteiger partial charge in [-0.2, -0.15) is 0 Å². The van der Waals surface area contributed by atoms with Gasteiger partial charge in [-0.05, 0) is 12.1 Å². The summed E-state index contributed by atoms with van der Waals surface area (Å²) in [4.78, 5) is 0. The molecule has 0 aliphatic carbocycles. The second-order valence-corrected chi connectivity index (χ2v) is 2.99. The lowest BCUT2D eigenvalue weighted by atomic mass is 10.3. The van der Waals surface area contributed by atoms with Gasteiger partial charge in [0.15, 0.2) is 0 Å². The highest BCUT2D eigenvalue weighted by Crippen LogP contribution is 2.26. The van der Waals surface area contributed by atoms with Gasteiger partial charge in [0.1, 0.15) is 12.4 Å². The highest BCUT2D eigenvalue weighted by Gasteiger charge is 1.98. The fraction of sp³-hybridized carbons (Fsp3) is 0.111. The van der Waals surface area contributed by atoms with E-state index >= 15 is 0 Å². The SMILES string of the molecule is C=CCOc1ccc(Cl)c(Cl)c1. The molecule has 0 spiro atoms. The van der Waals surface area contributed by atoms with Gasteiger partial charge in [0.2, 0.25) is 0 Å². The summed E-state index contributed by atoms with van der Waals surface area (Å²) in [5.74, 6) is 0.698. The first kappa shape index (κ1) is 9.43. The van der Waals surface area contributed by atoms with Gasteiger partial charge in [-0.15, -0.1) is 0 Å². The number of hydrogen-bond acceptors (Lipinski definition) is 1. The summed E-state index contributed by atoms with van der Waals surface area (Å²) < 4.78 is 5.23. The van der Waals surface area contributed by atoms with Gasteiger partial charge < -0.3 is 4.74 Å². The second-order valence-electron chi connectivity index (χ2n) is 2.18. The third-order valence-electron chi connectivity index (χ3n) is 1.26. The van der Waals surface area contributed by atoms with E-state index in [-0.39, 0.29) is 0 Å². The average Bonchev–Trinajstić information content (AvgIpc) is 2.07. The monoisotopic (exact) mass is 202 g/mol. The number of rotatable bonds is 3. The summed E-state index contributed by atoms with van der Waals surface area (Å²) in [6, 6.07) is 5.13. The maximum Gasteiger partial charge on any atom is 0.121 e. The van der Waals surface area contributed by atoms with Crippen LogP contribution in [0, 0.1) is 0 Å². The van der Waals surface area contributed by atoms with Crippen LogP contribution >= 0.6 is 23.2 Å². The molecule has 0 unspecified atom stereocenters. The Bertz CT molecular complexity index is 284. The Morgan fingerprint density at radius 2 is 2.08 bits per heavy atom. The van der Waals surface area contributed by atoms with Crippen molar-refractivity contribution in [2.45, 2.75) is 0 Å². The molecule has 1 rings (SSSR count). The zero-order valence-corrected chi connectivity index (χ0v) is 7.90. The second kappa shape index (κ2) is 4.39. The molecule has 0 atom stereocenters. The molecule has 1 aromatic carbocycles. The third kappa shape index (κ3) is 2.43. The van der Waals surface area contributed by atoms with E-state index in [1.54, 1.807) is 24.3 Å². The first-order chi connectivity index (χ1) is 5.74. The topological polar surface area (TPSA) is 9.23 Å². The van der Waals surface area contributed by atoms with Crippen LogP contribution in [0.4, 0.5) is 0 Å². The maximum absolute atomic E-state index is 5.75. The number of benzene rings is 1. The number of hydrogen-bond donors (Lipinski definition) is 0. The lowest BCUT2D eigenvalue weighted by molar-refractivity contribution is 0.363. The van der Waals surface area contributed by atoms with Gasteiger partial charge in [0.05, 0.1) is 10.0 Å². The predicted octanol–water partition coefficient (Wildman–Crippen LogP) is 3.56. The number of ether oxygens (including phenoxy) is 1. The molecule has 0 aliphatic rings. The van der Waals surface area contributed by atoms with Crippen molar-refractivity contribution in [1.29, 1.82) is 0 Å². The maximum atomic E-state index is 5.75. The Labute approximate surface area is 81.6 Å². The van der Waals surface area contributed by atoms with Crippen LogP contribution in [0.15, 0.2) is 30.9 Å². The minimum Gasteiger partial charge on any atom is -0.490 e. The van der Waals surface area contributed by atoms with E-state index in [1.165, 1.54) is 0 Å². The van der Waals surface area contributed by atoms with Crippen molar-refractivity contribution in [3.8, 4) is 5.75 Å². The Morgan fingerprint density at radius 3 is 2.67 bits per heavy atom. The molecule has 12 heavy (non-hydrogen) atoms. The van der Waals surface area contributed by atoms with E-state index in [0.29, 0.717) is 22.4 Å². The van der Waals surface area contributed by atoms with Gasteiger partial charge in [0, 0.05) is 6.07 Å². The Balaban J connectivity index is 2.75.